The van der Waals surface area contributed by atoms with Gasteiger partial charge in [-0.25, -0.2) is 0 Å². The van der Waals surface area contributed by atoms with Gasteiger partial charge in [-0.05, 0) is 31.4 Å². The molecule has 7 heteroatoms. The van der Waals surface area contributed by atoms with Gasteiger partial charge >= 0.3 is 0 Å². The predicted molar refractivity (Wildman–Crippen MR) is 99.0 cm³/mol. The van der Waals surface area contributed by atoms with Gasteiger partial charge in [0, 0.05) is 17.4 Å². The Morgan fingerprint density at radius 2 is 2.17 bits per heavy atom. The van der Waals surface area contributed by atoms with Crippen LogP contribution in [-0.4, -0.2) is 26.4 Å². The molecule has 0 saturated heterocycles. The Bertz CT molecular complexity index is 718. The van der Waals surface area contributed by atoms with Crippen LogP contribution in [-0.2, 0) is 17.8 Å². The molecule has 1 amide bonds. The highest BCUT2D eigenvalue weighted by Crippen LogP contribution is 2.24. The van der Waals surface area contributed by atoms with Crippen molar-refractivity contribution >= 4 is 33.6 Å². The van der Waals surface area contributed by atoms with Crippen molar-refractivity contribution in [1.82, 2.24) is 20.1 Å². The maximum Gasteiger partial charge on any atom is 0.230 e. The normalized spacial score (nSPS) is 15.4. The molecule has 1 aliphatic rings. The van der Waals surface area contributed by atoms with Gasteiger partial charge in [0.15, 0.2) is 5.16 Å². The lowest BCUT2D eigenvalue weighted by Crippen LogP contribution is -2.28. The molecule has 5 nitrogen and oxygen atoms in total. The molecule has 128 valence electrons. The highest BCUT2D eigenvalue weighted by molar-refractivity contribution is 9.10. The molecule has 1 aromatic carbocycles. The number of aryl methyl sites for hydroxylation is 1. The Hall–Kier alpha value is -1.34. The van der Waals surface area contributed by atoms with Crippen molar-refractivity contribution in [2.24, 2.45) is 0 Å². The van der Waals surface area contributed by atoms with Gasteiger partial charge in [-0.3, -0.25) is 4.79 Å². The Labute approximate surface area is 154 Å². The first-order valence-electron chi connectivity index (χ1n) is 8.24. The molecular formula is C17H21BrN4OS. The standard InChI is InChI=1S/C17H21BrN4OS/c1-12(13-7-4-5-8-14(13)18)19-16(23)11-24-17-21-20-15-9-3-2-6-10-22(15)17/h4-5,7-8,12H,2-3,6,9-11H2,1H3,(H,19,23)/t12-/m0/s1. The number of aromatic nitrogens is 3. The van der Waals surface area contributed by atoms with E-state index in [1.165, 1.54) is 24.6 Å². The number of carbonyl (C=O) groups excluding carboxylic acids is 1. The summed E-state index contributed by atoms with van der Waals surface area (Å²) in [5.74, 6) is 1.42. The molecule has 1 aliphatic heterocycles. The largest absolute Gasteiger partial charge is 0.349 e. The van der Waals surface area contributed by atoms with Crippen molar-refractivity contribution in [3.05, 3.63) is 40.1 Å². The van der Waals surface area contributed by atoms with Crippen molar-refractivity contribution in [2.45, 2.75) is 50.4 Å². The van der Waals surface area contributed by atoms with E-state index in [0.717, 1.165) is 40.4 Å². The first-order chi connectivity index (χ1) is 11.6. The third-order valence-electron chi connectivity index (χ3n) is 4.16. The van der Waals surface area contributed by atoms with Crippen LogP contribution in [0.25, 0.3) is 0 Å². The van der Waals surface area contributed by atoms with Crippen LogP contribution in [0.1, 0.15) is 43.6 Å². The fraction of sp³-hybridized carbons (Fsp3) is 0.471. The minimum absolute atomic E-state index is 0.00854. The minimum atomic E-state index is -0.0378. The van der Waals surface area contributed by atoms with E-state index < -0.39 is 0 Å². The molecule has 24 heavy (non-hydrogen) atoms. The zero-order valence-corrected chi connectivity index (χ0v) is 16.1. The lowest BCUT2D eigenvalue weighted by Gasteiger charge is -2.15. The van der Waals surface area contributed by atoms with Gasteiger partial charge in [0.2, 0.25) is 5.91 Å². The quantitative estimate of drug-likeness (QED) is 0.765. The predicted octanol–water partition coefficient (Wildman–Crippen LogP) is 3.74. The highest BCUT2D eigenvalue weighted by atomic mass is 79.9. The van der Waals surface area contributed by atoms with Crippen molar-refractivity contribution < 1.29 is 4.79 Å². The number of nitrogens with one attached hydrogen (secondary N) is 1. The topological polar surface area (TPSA) is 59.8 Å². The van der Waals surface area contributed by atoms with Crippen LogP contribution < -0.4 is 5.32 Å². The molecular weight excluding hydrogens is 388 g/mol. The molecule has 1 atom stereocenters. The summed E-state index contributed by atoms with van der Waals surface area (Å²) in [5.41, 5.74) is 1.08. The molecule has 2 aromatic rings. The van der Waals surface area contributed by atoms with E-state index in [0.29, 0.717) is 5.75 Å². The van der Waals surface area contributed by atoms with Gasteiger partial charge in [0.05, 0.1) is 11.8 Å². The summed E-state index contributed by atoms with van der Waals surface area (Å²) in [5, 5.41) is 12.4. The van der Waals surface area contributed by atoms with Gasteiger partial charge in [-0.1, -0.05) is 52.3 Å². The zero-order chi connectivity index (χ0) is 16.9. The van der Waals surface area contributed by atoms with E-state index in [-0.39, 0.29) is 11.9 Å². The molecule has 0 aliphatic carbocycles. The maximum atomic E-state index is 12.3. The van der Waals surface area contributed by atoms with E-state index in [1.807, 2.05) is 31.2 Å². The number of halogens is 1. The molecule has 0 saturated carbocycles. The summed E-state index contributed by atoms with van der Waals surface area (Å²) in [4.78, 5) is 12.3. The highest BCUT2D eigenvalue weighted by Gasteiger charge is 2.17. The third-order valence-corrected chi connectivity index (χ3v) is 5.85. The molecule has 1 aromatic heterocycles. The fourth-order valence-electron chi connectivity index (χ4n) is 2.88. The van der Waals surface area contributed by atoms with Crippen LogP contribution in [0.4, 0.5) is 0 Å². The summed E-state index contributed by atoms with van der Waals surface area (Å²) in [6.07, 6.45) is 4.55. The first-order valence-corrected chi connectivity index (χ1v) is 10.0. The zero-order valence-electron chi connectivity index (χ0n) is 13.7. The van der Waals surface area contributed by atoms with Gasteiger partial charge in [0.25, 0.3) is 0 Å². The summed E-state index contributed by atoms with van der Waals surface area (Å²) in [7, 11) is 0. The van der Waals surface area contributed by atoms with E-state index >= 15 is 0 Å². The molecule has 2 heterocycles. The molecule has 0 radical (unpaired) electrons. The number of carbonyl (C=O) groups is 1. The van der Waals surface area contributed by atoms with E-state index in [9.17, 15) is 4.79 Å². The molecule has 0 fully saturated rings. The lowest BCUT2D eigenvalue weighted by atomic mass is 10.1. The molecule has 3 rings (SSSR count). The second-order valence-corrected chi connectivity index (χ2v) is 7.76. The van der Waals surface area contributed by atoms with Crippen molar-refractivity contribution in [2.75, 3.05) is 5.75 Å². The number of fused-ring (bicyclic) bond motifs is 1. The van der Waals surface area contributed by atoms with Gasteiger partial charge in [0.1, 0.15) is 5.82 Å². The van der Waals surface area contributed by atoms with Crippen molar-refractivity contribution in [3.8, 4) is 0 Å². The maximum absolute atomic E-state index is 12.3. The molecule has 0 bridgehead atoms. The number of rotatable bonds is 5. The van der Waals surface area contributed by atoms with Gasteiger partial charge in [-0.2, -0.15) is 0 Å². The number of amides is 1. The lowest BCUT2D eigenvalue weighted by molar-refractivity contribution is -0.119. The number of thioether (sulfide) groups is 1. The summed E-state index contributed by atoms with van der Waals surface area (Å²) < 4.78 is 3.18. The summed E-state index contributed by atoms with van der Waals surface area (Å²) >= 11 is 4.99. The number of nitrogens with zero attached hydrogens (tertiary/aromatic N) is 3. The summed E-state index contributed by atoms with van der Waals surface area (Å²) in [6, 6.07) is 7.90. The average Bonchev–Trinajstić information content (AvgIpc) is 2.80. The van der Waals surface area contributed by atoms with Gasteiger partial charge < -0.3 is 9.88 Å². The average molecular weight is 409 g/mol. The third kappa shape index (κ3) is 4.19. The minimum Gasteiger partial charge on any atom is -0.349 e. The molecule has 0 spiro atoms. The number of hydrogen-bond donors (Lipinski definition) is 1. The van der Waals surface area contributed by atoms with E-state index in [1.54, 1.807) is 0 Å². The number of benzene rings is 1. The smallest absolute Gasteiger partial charge is 0.230 e. The Morgan fingerprint density at radius 1 is 1.33 bits per heavy atom. The Balaban J connectivity index is 1.56. The SMILES string of the molecule is C[C@H](NC(=O)CSc1nnc2n1CCCCC2)c1ccccc1Br. The van der Waals surface area contributed by atoms with Crippen LogP contribution in [0.3, 0.4) is 0 Å². The molecule has 0 unspecified atom stereocenters. The Morgan fingerprint density at radius 3 is 3.00 bits per heavy atom. The second kappa shape index (κ2) is 8.16. The molecule has 1 N–H and O–H groups in total. The second-order valence-electron chi connectivity index (χ2n) is 5.96. The summed E-state index contributed by atoms with van der Waals surface area (Å²) in [6.45, 7) is 2.95. The van der Waals surface area contributed by atoms with Crippen LogP contribution in [0, 0.1) is 0 Å². The fourth-order valence-corrected chi connectivity index (χ4v) is 4.31. The van der Waals surface area contributed by atoms with Crippen LogP contribution in [0.15, 0.2) is 33.9 Å². The van der Waals surface area contributed by atoms with Gasteiger partial charge in [-0.15, -0.1) is 10.2 Å². The van der Waals surface area contributed by atoms with Crippen LogP contribution in [0.5, 0.6) is 0 Å². The van der Waals surface area contributed by atoms with Crippen molar-refractivity contribution in [3.63, 3.8) is 0 Å². The first kappa shape index (κ1) is 17.5. The van der Waals surface area contributed by atoms with E-state index in [4.69, 9.17) is 0 Å². The van der Waals surface area contributed by atoms with Crippen LogP contribution in [0.2, 0.25) is 0 Å². The van der Waals surface area contributed by atoms with Crippen molar-refractivity contribution in [1.29, 1.82) is 0 Å². The Kier molecular flexibility index (Phi) is 5.94. The van der Waals surface area contributed by atoms with E-state index in [2.05, 4.69) is 36.0 Å². The van der Waals surface area contributed by atoms with Crippen LogP contribution >= 0.6 is 27.7 Å². The monoisotopic (exact) mass is 408 g/mol. The number of hydrogen-bond acceptors (Lipinski definition) is 4.